The van der Waals surface area contributed by atoms with E-state index in [4.69, 9.17) is 9.40 Å². The summed E-state index contributed by atoms with van der Waals surface area (Å²) < 4.78 is 6.41. The molecular formula is C45H31N3O. The third-order valence-corrected chi connectivity index (χ3v) is 9.01. The topological polar surface area (TPSA) is 32.5 Å². The average Bonchev–Trinajstić information content (AvgIpc) is 3.62. The number of aromatic nitrogens is 1. The fourth-order valence-electron chi connectivity index (χ4n) is 6.73. The van der Waals surface area contributed by atoms with Crippen molar-refractivity contribution in [1.29, 1.82) is 0 Å². The minimum absolute atomic E-state index is 0.604. The van der Waals surface area contributed by atoms with Gasteiger partial charge < -0.3 is 14.2 Å². The second-order valence-electron chi connectivity index (χ2n) is 12.1. The van der Waals surface area contributed by atoms with Gasteiger partial charge in [0.25, 0.3) is 0 Å². The molecule has 8 aromatic carbocycles. The van der Waals surface area contributed by atoms with Crippen LogP contribution in [0.15, 0.2) is 192 Å². The molecule has 0 aliphatic carbocycles. The maximum atomic E-state index is 6.41. The van der Waals surface area contributed by atoms with Crippen LogP contribution in [0.3, 0.4) is 0 Å². The van der Waals surface area contributed by atoms with Crippen molar-refractivity contribution in [3.8, 4) is 11.5 Å². The zero-order chi connectivity index (χ0) is 32.6. The normalized spacial score (nSPS) is 11.3. The van der Waals surface area contributed by atoms with Crippen LogP contribution in [0.2, 0.25) is 0 Å². The van der Waals surface area contributed by atoms with E-state index in [0.717, 1.165) is 61.6 Å². The summed E-state index contributed by atoms with van der Waals surface area (Å²) in [7, 11) is 0. The predicted octanol–water partition coefficient (Wildman–Crippen LogP) is 12.7. The van der Waals surface area contributed by atoms with Gasteiger partial charge in [0, 0.05) is 44.8 Å². The highest BCUT2D eigenvalue weighted by atomic mass is 16.3. The van der Waals surface area contributed by atoms with Gasteiger partial charge in [0.15, 0.2) is 5.58 Å². The van der Waals surface area contributed by atoms with Crippen molar-refractivity contribution in [3.05, 3.63) is 188 Å². The van der Waals surface area contributed by atoms with Crippen LogP contribution in [0.25, 0.3) is 44.1 Å². The molecule has 0 amide bonds. The lowest BCUT2D eigenvalue weighted by Crippen LogP contribution is -2.14. The van der Waals surface area contributed by atoms with E-state index in [0.29, 0.717) is 5.89 Å². The summed E-state index contributed by atoms with van der Waals surface area (Å²) in [4.78, 5) is 9.81. The number of benzene rings is 8. The summed E-state index contributed by atoms with van der Waals surface area (Å²) in [6.45, 7) is 0. The molecule has 232 valence electrons. The Hall–Kier alpha value is -6.65. The lowest BCUT2D eigenvalue weighted by atomic mass is 10.0. The van der Waals surface area contributed by atoms with Crippen LogP contribution in [0.5, 0.6) is 0 Å². The van der Waals surface area contributed by atoms with Crippen LogP contribution in [0.1, 0.15) is 0 Å². The van der Waals surface area contributed by atoms with E-state index in [2.05, 4.69) is 168 Å². The minimum Gasteiger partial charge on any atom is -0.436 e. The molecule has 1 heterocycles. The Kier molecular flexibility index (Phi) is 7.10. The number of nitrogens with zero attached hydrogens (tertiary/aromatic N) is 3. The van der Waals surface area contributed by atoms with E-state index >= 15 is 0 Å². The Morgan fingerprint density at radius 2 is 0.959 bits per heavy atom. The Balaban J connectivity index is 1.37. The molecule has 9 rings (SSSR count). The number of oxazole rings is 1. The van der Waals surface area contributed by atoms with Crippen molar-refractivity contribution in [2.45, 2.75) is 0 Å². The van der Waals surface area contributed by atoms with Crippen molar-refractivity contribution in [1.82, 2.24) is 4.98 Å². The number of rotatable bonds is 7. The van der Waals surface area contributed by atoms with Gasteiger partial charge in [-0.25, -0.2) is 4.98 Å². The quantitative estimate of drug-likeness (QED) is 0.176. The zero-order valence-electron chi connectivity index (χ0n) is 26.6. The third-order valence-electron chi connectivity index (χ3n) is 9.01. The molecule has 9 aromatic rings. The van der Waals surface area contributed by atoms with Crippen molar-refractivity contribution >= 4 is 66.8 Å². The molecular weight excluding hydrogens is 599 g/mol. The number of fused-ring (bicyclic) bond motifs is 4. The van der Waals surface area contributed by atoms with Crippen molar-refractivity contribution < 1.29 is 4.42 Å². The molecule has 0 saturated heterocycles. The van der Waals surface area contributed by atoms with Crippen molar-refractivity contribution in [3.63, 3.8) is 0 Å². The summed E-state index contributed by atoms with van der Waals surface area (Å²) in [5.41, 5.74) is 8.83. The van der Waals surface area contributed by atoms with E-state index in [9.17, 15) is 0 Å². The van der Waals surface area contributed by atoms with Crippen molar-refractivity contribution in [2.24, 2.45) is 0 Å². The van der Waals surface area contributed by atoms with Crippen molar-refractivity contribution in [2.75, 3.05) is 9.80 Å². The molecule has 0 N–H and O–H groups in total. The van der Waals surface area contributed by atoms with Gasteiger partial charge in [-0.15, -0.1) is 0 Å². The van der Waals surface area contributed by atoms with Crippen LogP contribution in [-0.4, -0.2) is 4.98 Å². The average molecular weight is 630 g/mol. The van der Waals surface area contributed by atoms with Crippen LogP contribution in [0.4, 0.5) is 34.1 Å². The highest BCUT2D eigenvalue weighted by molar-refractivity contribution is 6.13. The fraction of sp³-hybridized carbons (Fsp3) is 0. The largest absolute Gasteiger partial charge is 0.436 e. The van der Waals surface area contributed by atoms with Crippen LogP contribution in [0, 0.1) is 0 Å². The molecule has 1 aromatic heterocycles. The first-order valence-electron chi connectivity index (χ1n) is 16.5. The SMILES string of the molecule is c1ccc(-c2nc3c(ccc4c(N(c5ccccc5)c5ccc6ccccc6c5)cc(N(c5ccccc5)c5ccccc5)cc43)o2)cc1. The van der Waals surface area contributed by atoms with E-state index < -0.39 is 0 Å². The highest BCUT2D eigenvalue weighted by Gasteiger charge is 2.23. The maximum absolute atomic E-state index is 6.41. The van der Waals surface area contributed by atoms with Crippen LogP contribution >= 0.6 is 0 Å². The molecule has 0 spiro atoms. The van der Waals surface area contributed by atoms with Gasteiger partial charge in [-0.05, 0) is 95.7 Å². The Bertz CT molecular complexity index is 2510. The fourth-order valence-corrected chi connectivity index (χ4v) is 6.73. The molecule has 4 heteroatoms. The second kappa shape index (κ2) is 12.2. The van der Waals surface area contributed by atoms with Gasteiger partial charge >= 0.3 is 0 Å². The molecule has 0 saturated carbocycles. The first-order valence-corrected chi connectivity index (χ1v) is 16.5. The smallest absolute Gasteiger partial charge is 0.227 e. The summed E-state index contributed by atoms with van der Waals surface area (Å²) in [6, 6.07) is 65.7. The van der Waals surface area contributed by atoms with E-state index in [1.807, 2.05) is 30.3 Å². The molecule has 0 bridgehead atoms. The summed E-state index contributed by atoms with van der Waals surface area (Å²) in [5.74, 6) is 0.604. The lowest BCUT2D eigenvalue weighted by Gasteiger charge is -2.31. The maximum Gasteiger partial charge on any atom is 0.227 e. The molecule has 0 atom stereocenters. The Morgan fingerprint density at radius 3 is 1.61 bits per heavy atom. The molecule has 0 aliphatic rings. The standard InChI is InChI=1S/C45H31N3O/c1-5-16-33(17-6-1)45-46-44-41-30-39(47(35-19-7-2-8-20-35)36-21-9-3-10-22-36)31-42(40(41)27-28-43(44)49-45)48(37-23-11-4-12-24-37)38-26-25-32-15-13-14-18-34(32)29-38/h1-31H. The third kappa shape index (κ3) is 5.26. The van der Waals surface area contributed by atoms with E-state index in [1.54, 1.807) is 0 Å². The van der Waals surface area contributed by atoms with Gasteiger partial charge in [0.05, 0.1) is 5.69 Å². The molecule has 0 aliphatic heterocycles. The predicted molar refractivity (Wildman–Crippen MR) is 204 cm³/mol. The van der Waals surface area contributed by atoms with Gasteiger partial charge in [-0.2, -0.15) is 0 Å². The first-order chi connectivity index (χ1) is 24.3. The molecule has 49 heavy (non-hydrogen) atoms. The second-order valence-corrected chi connectivity index (χ2v) is 12.1. The zero-order valence-corrected chi connectivity index (χ0v) is 26.6. The summed E-state index contributed by atoms with van der Waals surface area (Å²) >= 11 is 0. The lowest BCUT2D eigenvalue weighted by molar-refractivity contribution is 0.620. The molecule has 0 unspecified atom stereocenters. The molecule has 0 fully saturated rings. The van der Waals surface area contributed by atoms with E-state index in [-0.39, 0.29) is 0 Å². The summed E-state index contributed by atoms with van der Waals surface area (Å²) in [5, 5.41) is 4.47. The van der Waals surface area contributed by atoms with E-state index in [1.165, 1.54) is 10.8 Å². The van der Waals surface area contributed by atoms with Crippen LogP contribution < -0.4 is 9.80 Å². The minimum atomic E-state index is 0.604. The van der Waals surface area contributed by atoms with Gasteiger partial charge in [-0.1, -0.05) is 103 Å². The highest BCUT2D eigenvalue weighted by Crippen LogP contribution is 2.46. The van der Waals surface area contributed by atoms with Gasteiger partial charge in [0.1, 0.15) is 5.52 Å². The Labute approximate surface area is 284 Å². The van der Waals surface area contributed by atoms with Gasteiger partial charge in [0.2, 0.25) is 5.89 Å². The monoisotopic (exact) mass is 629 g/mol. The summed E-state index contributed by atoms with van der Waals surface area (Å²) in [6.07, 6.45) is 0. The number of hydrogen-bond acceptors (Lipinski definition) is 4. The Morgan fingerprint density at radius 1 is 0.388 bits per heavy atom. The molecule has 4 nitrogen and oxygen atoms in total. The van der Waals surface area contributed by atoms with Crippen LogP contribution in [-0.2, 0) is 0 Å². The number of hydrogen-bond donors (Lipinski definition) is 0. The van der Waals surface area contributed by atoms with Gasteiger partial charge in [-0.3, -0.25) is 0 Å². The first kappa shape index (κ1) is 28.6. The number of para-hydroxylation sites is 3. The molecule has 0 radical (unpaired) electrons. The number of anilines is 6.